The first-order valence-electron chi connectivity index (χ1n) is 11.2. The van der Waals surface area contributed by atoms with E-state index in [0.717, 1.165) is 11.1 Å². The lowest BCUT2D eigenvalue weighted by Gasteiger charge is -2.42. The van der Waals surface area contributed by atoms with Crippen molar-refractivity contribution in [3.05, 3.63) is 95.0 Å². The molecule has 0 aliphatic carbocycles. The molecule has 34 heavy (non-hydrogen) atoms. The molecule has 1 N–H and O–H groups in total. The van der Waals surface area contributed by atoms with Crippen molar-refractivity contribution in [3.8, 4) is 0 Å². The molecule has 3 aromatic carbocycles. The maximum Gasteiger partial charge on any atom is 0.250 e. The summed E-state index contributed by atoms with van der Waals surface area (Å²) in [7, 11) is 1.87. The third kappa shape index (κ3) is 2.47. The first-order valence-corrected chi connectivity index (χ1v) is 11.6. The van der Waals surface area contributed by atoms with Crippen LogP contribution in [-0.2, 0) is 19.9 Å². The van der Waals surface area contributed by atoms with Crippen molar-refractivity contribution in [1.29, 1.82) is 0 Å². The van der Waals surface area contributed by atoms with Gasteiger partial charge in [0.2, 0.25) is 11.8 Å². The van der Waals surface area contributed by atoms with E-state index in [1.165, 1.54) is 4.90 Å². The Morgan fingerprint density at radius 1 is 0.912 bits per heavy atom. The topological polar surface area (TPSA) is 69.7 Å². The summed E-state index contributed by atoms with van der Waals surface area (Å²) in [4.78, 5) is 45.2. The molecule has 0 unspecified atom stereocenters. The number of fused-ring (bicyclic) bond motifs is 3. The predicted molar refractivity (Wildman–Crippen MR) is 130 cm³/mol. The van der Waals surface area contributed by atoms with Gasteiger partial charge in [-0.05, 0) is 42.9 Å². The second-order valence-electron chi connectivity index (χ2n) is 9.21. The van der Waals surface area contributed by atoms with Gasteiger partial charge < -0.3 is 5.32 Å². The van der Waals surface area contributed by atoms with Crippen LogP contribution in [0, 0.1) is 5.41 Å². The first-order chi connectivity index (χ1) is 16.4. The van der Waals surface area contributed by atoms with Crippen molar-refractivity contribution < 1.29 is 14.4 Å². The summed E-state index contributed by atoms with van der Waals surface area (Å²) in [6.45, 7) is 0.458. The van der Waals surface area contributed by atoms with Gasteiger partial charge >= 0.3 is 0 Å². The monoisotopic (exact) mass is 471 g/mol. The van der Waals surface area contributed by atoms with Gasteiger partial charge in [-0.1, -0.05) is 60.1 Å². The number of rotatable bonds is 2. The van der Waals surface area contributed by atoms with Gasteiger partial charge in [0.1, 0.15) is 5.54 Å². The third-order valence-corrected chi connectivity index (χ3v) is 7.97. The molecule has 2 saturated heterocycles. The standard InChI is InChI=1S/C27H22ClN3O3/c1-30-16-21(17-7-3-2-4-8-17)26(27(30)20-9-5-6-10-22(20)29-24(27)33)15-23(32)31(25(26)34)19-13-11-18(28)12-14-19/h2-14,21H,15-16H2,1H3,(H,29,33)/t21-,26+,27+/m1/s1. The van der Waals surface area contributed by atoms with Crippen molar-refractivity contribution in [2.45, 2.75) is 17.9 Å². The second-order valence-corrected chi connectivity index (χ2v) is 9.65. The van der Waals surface area contributed by atoms with Crippen LogP contribution in [0.25, 0.3) is 0 Å². The highest BCUT2D eigenvalue weighted by molar-refractivity contribution is 6.31. The maximum absolute atomic E-state index is 14.5. The Morgan fingerprint density at radius 2 is 1.59 bits per heavy atom. The Balaban J connectivity index is 1.63. The normalized spacial score (nSPS) is 28.2. The fraction of sp³-hybridized carbons (Fsp3) is 0.222. The molecule has 2 fully saturated rings. The summed E-state index contributed by atoms with van der Waals surface area (Å²) in [6.07, 6.45) is -0.0693. The molecule has 0 saturated carbocycles. The average Bonchev–Trinajstić information content (AvgIpc) is 3.39. The Labute approximate surface area is 202 Å². The zero-order chi connectivity index (χ0) is 23.7. The fourth-order valence-electron chi connectivity index (χ4n) is 6.41. The minimum absolute atomic E-state index is 0.0693. The number of para-hydroxylation sites is 1. The molecule has 3 heterocycles. The highest BCUT2D eigenvalue weighted by atomic mass is 35.5. The molecule has 6 nitrogen and oxygen atoms in total. The van der Waals surface area contributed by atoms with Crippen molar-refractivity contribution in [2.75, 3.05) is 23.8 Å². The largest absolute Gasteiger partial charge is 0.324 e. The Kier molecular flexibility index (Phi) is 4.50. The fourth-order valence-corrected chi connectivity index (χ4v) is 6.54. The lowest BCUT2D eigenvalue weighted by molar-refractivity contribution is -0.142. The van der Waals surface area contributed by atoms with Gasteiger partial charge in [0.25, 0.3) is 5.91 Å². The van der Waals surface area contributed by atoms with Crippen molar-refractivity contribution >= 4 is 40.7 Å². The zero-order valence-corrected chi connectivity index (χ0v) is 19.3. The van der Waals surface area contributed by atoms with Gasteiger partial charge in [-0.3, -0.25) is 19.3 Å². The van der Waals surface area contributed by atoms with Gasteiger partial charge in [-0.2, -0.15) is 0 Å². The smallest absolute Gasteiger partial charge is 0.250 e. The Bertz CT molecular complexity index is 1340. The van der Waals surface area contributed by atoms with Gasteiger partial charge in [0, 0.05) is 35.2 Å². The van der Waals surface area contributed by atoms with E-state index in [1.54, 1.807) is 24.3 Å². The molecule has 7 heteroatoms. The number of nitrogens with one attached hydrogen (secondary N) is 1. The van der Waals surface area contributed by atoms with Crippen LogP contribution < -0.4 is 10.2 Å². The van der Waals surface area contributed by atoms with E-state index < -0.39 is 11.0 Å². The van der Waals surface area contributed by atoms with E-state index in [2.05, 4.69) is 5.32 Å². The van der Waals surface area contributed by atoms with Crippen LogP contribution in [0.3, 0.4) is 0 Å². The lowest BCUT2D eigenvalue weighted by atomic mass is 9.60. The first kappa shape index (κ1) is 21.1. The van der Waals surface area contributed by atoms with Crippen LogP contribution in [0.15, 0.2) is 78.9 Å². The minimum atomic E-state index is -1.31. The van der Waals surface area contributed by atoms with Crippen molar-refractivity contribution in [1.82, 2.24) is 4.90 Å². The van der Waals surface area contributed by atoms with Crippen LogP contribution in [0.5, 0.6) is 0 Å². The Morgan fingerprint density at radius 3 is 2.32 bits per heavy atom. The molecule has 3 atom stereocenters. The Hall–Kier alpha value is -3.48. The van der Waals surface area contributed by atoms with Crippen molar-refractivity contribution in [3.63, 3.8) is 0 Å². The molecule has 3 aromatic rings. The summed E-state index contributed by atoms with van der Waals surface area (Å²) >= 11 is 6.06. The molecule has 0 aromatic heterocycles. The lowest BCUT2D eigenvalue weighted by Crippen LogP contribution is -2.58. The zero-order valence-electron chi connectivity index (χ0n) is 18.5. The highest BCUT2D eigenvalue weighted by Gasteiger charge is 2.77. The number of benzene rings is 3. The molecule has 2 spiro atoms. The van der Waals surface area contributed by atoms with E-state index in [9.17, 15) is 14.4 Å². The molecule has 3 aliphatic rings. The molecule has 0 radical (unpaired) electrons. The van der Waals surface area contributed by atoms with Crippen LogP contribution in [0.2, 0.25) is 5.02 Å². The van der Waals surface area contributed by atoms with Gasteiger partial charge in [-0.25, -0.2) is 4.90 Å². The number of nitrogens with zero attached hydrogens (tertiary/aromatic N) is 2. The summed E-state index contributed by atoms with van der Waals surface area (Å²) in [5.74, 6) is -1.30. The number of carbonyl (C=O) groups excluding carboxylic acids is 3. The van der Waals surface area contributed by atoms with E-state index in [1.807, 2.05) is 66.5 Å². The molecular weight excluding hydrogens is 450 g/mol. The molecule has 170 valence electrons. The molecule has 6 rings (SSSR count). The van der Waals surface area contributed by atoms with Crippen LogP contribution >= 0.6 is 11.6 Å². The SMILES string of the molecule is CN1C[C@H](c2ccccc2)[C@]2(CC(=O)N(c3ccc(Cl)cc3)C2=O)[C@]12C(=O)Nc1ccccc12. The number of likely N-dealkylation sites (tertiary alicyclic amines) is 1. The maximum atomic E-state index is 14.5. The number of likely N-dealkylation sites (N-methyl/N-ethyl adjacent to an activating group) is 1. The number of imide groups is 1. The quantitative estimate of drug-likeness (QED) is 0.570. The number of hydrogen-bond acceptors (Lipinski definition) is 4. The summed E-state index contributed by atoms with van der Waals surface area (Å²) in [5.41, 5.74) is 0.189. The van der Waals surface area contributed by atoms with Crippen LogP contribution in [0.1, 0.15) is 23.5 Å². The van der Waals surface area contributed by atoms with Crippen LogP contribution in [0.4, 0.5) is 11.4 Å². The van der Waals surface area contributed by atoms with Crippen LogP contribution in [-0.4, -0.2) is 36.2 Å². The molecule has 3 aliphatic heterocycles. The molecule has 0 bridgehead atoms. The average molecular weight is 472 g/mol. The van der Waals surface area contributed by atoms with Crippen molar-refractivity contribution in [2.24, 2.45) is 5.41 Å². The summed E-state index contributed by atoms with van der Waals surface area (Å²) in [5, 5.41) is 3.52. The van der Waals surface area contributed by atoms with Gasteiger partial charge in [0.15, 0.2) is 0 Å². The number of halogens is 1. The highest BCUT2D eigenvalue weighted by Crippen LogP contribution is 2.66. The van der Waals surface area contributed by atoms with Gasteiger partial charge in [-0.15, -0.1) is 0 Å². The number of amides is 3. The number of anilines is 2. The predicted octanol–water partition coefficient (Wildman–Crippen LogP) is 4.17. The van der Waals surface area contributed by atoms with E-state index >= 15 is 0 Å². The van der Waals surface area contributed by atoms with E-state index in [0.29, 0.717) is 22.9 Å². The van der Waals surface area contributed by atoms with Gasteiger partial charge in [0.05, 0.1) is 11.1 Å². The number of hydrogen-bond donors (Lipinski definition) is 1. The molecular formula is C27H22ClN3O3. The van der Waals surface area contributed by atoms with E-state index in [4.69, 9.17) is 11.6 Å². The number of carbonyl (C=O) groups is 3. The summed E-state index contributed by atoms with van der Waals surface area (Å²) < 4.78 is 0. The minimum Gasteiger partial charge on any atom is -0.324 e. The van der Waals surface area contributed by atoms with E-state index in [-0.39, 0.29) is 30.1 Å². The molecule has 3 amide bonds. The summed E-state index contributed by atoms with van der Waals surface area (Å²) in [6, 6.07) is 23.8. The third-order valence-electron chi connectivity index (χ3n) is 7.71. The second kappa shape index (κ2) is 7.26.